The number of halogens is 1. The Kier molecular flexibility index (Phi) is 4.83. The molecule has 5 rings (SSSR count). The Balaban J connectivity index is 1.93. The second kappa shape index (κ2) is 7.65. The van der Waals surface area contributed by atoms with Crippen molar-refractivity contribution in [1.29, 1.82) is 0 Å². The molecule has 30 heavy (non-hydrogen) atoms. The molecule has 0 aliphatic carbocycles. The Labute approximate surface area is 180 Å². The van der Waals surface area contributed by atoms with Gasteiger partial charge in [0.25, 0.3) is 0 Å². The predicted molar refractivity (Wildman–Crippen MR) is 128 cm³/mol. The van der Waals surface area contributed by atoms with Crippen LogP contribution in [0.4, 0.5) is 0 Å². The minimum Gasteiger partial charge on any atom is -0.507 e. The molecule has 2 nitrogen and oxygen atoms in total. The van der Waals surface area contributed by atoms with Crippen molar-refractivity contribution in [1.82, 2.24) is 0 Å². The van der Waals surface area contributed by atoms with Crippen molar-refractivity contribution in [3.63, 3.8) is 0 Å². The molecule has 0 amide bonds. The largest absolute Gasteiger partial charge is 0.507 e. The van der Waals surface area contributed by atoms with Gasteiger partial charge in [0.2, 0.25) is 0 Å². The molecule has 5 aromatic carbocycles. The van der Waals surface area contributed by atoms with Gasteiger partial charge in [-0.2, -0.15) is 0 Å². The molecule has 4 heteroatoms. The SMILES string of the molecule is Oc1ccc2ccccc2c1P(c1cccc(Cl)c1)c1c(O)ccc2ccccc12. The van der Waals surface area contributed by atoms with Crippen molar-refractivity contribution < 1.29 is 10.2 Å². The highest BCUT2D eigenvalue weighted by molar-refractivity contribution is 7.81. The summed E-state index contributed by atoms with van der Waals surface area (Å²) in [6, 6.07) is 31.0. The second-order valence-electron chi connectivity index (χ2n) is 7.12. The molecule has 0 aliphatic heterocycles. The highest BCUT2D eigenvalue weighted by Crippen LogP contribution is 2.44. The molecule has 0 atom stereocenters. The van der Waals surface area contributed by atoms with Gasteiger partial charge < -0.3 is 10.2 Å². The van der Waals surface area contributed by atoms with Gasteiger partial charge in [0.15, 0.2) is 0 Å². The van der Waals surface area contributed by atoms with Crippen LogP contribution in [0.25, 0.3) is 21.5 Å². The fraction of sp³-hybridized carbons (Fsp3) is 0. The number of fused-ring (bicyclic) bond motifs is 2. The van der Waals surface area contributed by atoms with Crippen LogP contribution in [0.3, 0.4) is 0 Å². The van der Waals surface area contributed by atoms with Gasteiger partial charge in [-0.25, -0.2) is 0 Å². The first kappa shape index (κ1) is 18.9. The molecule has 146 valence electrons. The molecule has 0 radical (unpaired) electrons. The van der Waals surface area contributed by atoms with Crippen molar-refractivity contribution in [3.05, 3.63) is 102 Å². The van der Waals surface area contributed by atoms with Crippen LogP contribution in [-0.4, -0.2) is 10.2 Å². The summed E-state index contributed by atoms with van der Waals surface area (Å²) in [6.07, 6.45) is 0. The quantitative estimate of drug-likeness (QED) is 0.356. The monoisotopic (exact) mass is 428 g/mol. The van der Waals surface area contributed by atoms with E-state index in [1.165, 1.54) is 0 Å². The van der Waals surface area contributed by atoms with Gasteiger partial charge in [0.1, 0.15) is 11.5 Å². The Bertz CT molecular complexity index is 1310. The minimum absolute atomic E-state index is 0.215. The molecular formula is C26H18ClO2P. The molecule has 0 saturated heterocycles. The number of phenolic OH excluding ortho intramolecular Hbond substituents is 2. The van der Waals surface area contributed by atoms with Gasteiger partial charge in [-0.15, -0.1) is 0 Å². The topological polar surface area (TPSA) is 40.5 Å². The molecule has 0 aromatic heterocycles. The van der Waals surface area contributed by atoms with Crippen molar-refractivity contribution in [2.75, 3.05) is 0 Å². The van der Waals surface area contributed by atoms with Gasteiger partial charge in [0.05, 0.1) is 0 Å². The van der Waals surface area contributed by atoms with Crippen LogP contribution in [0.15, 0.2) is 97.1 Å². The summed E-state index contributed by atoms with van der Waals surface area (Å²) >= 11 is 6.37. The summed E-state index contributed by atoms with van der Waals surface area (Å²) in [7, 11) is -1.29. The Morgan fingerprint density at radius 1 is 0.567 bits per heavy atom. The molecular weight excluding hydrogens is 411 g/mol. The molecule has 0 saturated carbocycles. The second-order valence-corrected chi connectivity index (χ2v) is 9.64. The van der Waals surface area contributed by atoms with Crippen LogP contribution in [0.5, 0.6) is 11.5 Å². The van der Waals surface area contributed by atoms with E-state index in [9.17, 15) is 10.2 Å². The predicted octanol–water partition coefficient (Wildman–Crippen LogP) is 5.82. The van der Waals surface area contributed by atoms with E-state index in [-0.39, 0.29) is 11.5 Å². The van der Waals surface area contributed by atoms with Crippen LogP contribution in [0.2, 0.25) is 5.02 Å². The van der Waals surface area contributed by atoms with E-state index in [0.29, 0.717) is 5.02 Å². The lowest BCUT2D eigenvalue weighted by Gasteiger charge is -2.24. The lowest BCUT2D eigenvalue weighted by atomic mass is 10.1. The van der Waals surface area contributed by atoms with Gasteiger partial charge in [-0.3, -0.25) is 0 Å². The summed E-state index contributed by atoms with van der Waals surface area (Å²) in [6.45, 7) is 0. The van der Waals surface area contributed by atoms with E-state index < -0.39 is 7.92 Å². The van der Waals surface area contributed by atoms with Crippen LogP contribution in [0, 0.1) is 0 Å². The fourth-order valence-corrected chi connectivity index (χ4v) is 6.95. The number of aromatic hydroxyl groups is 2. The first-order chi connectivity index (χ1) is 14.6. The summed E-state index contributed by atoms with van der Waals surface area (Å²) in [5.74, 6) is 0.430. The zero-order valence-electron chi connectivity index (χ0n) is 16.0. The zero-order chi connectivity index (χ0) is 20.7. The van der Waals surface area contributed by atoms with Gasteiger partial charge in [-0.1, -0.05) is 84.4 Å². The fourth-order valence-electron chi connectivity index (χ4n) is 3.94. The smallest absolute Gasteiger partial charge is 0.124 e. The Morgan fingerprint density at radius 2 is 1.10 bits per heavy atom. The lowest BCUT2D eigenvalue weighted by Crippen LogP contribution is -2.22. The van der Waals surface area contributed by atoms with Crippen molar-refractivity contribution in [2.45, 2.75) is 0 Å². The van der Waals surface area contributed by atoms with E-state index in [4.69, 9.17) is 11.6 Å². The standard InChI is InChI=1S/C26H18ClO2P/c27-19-8-5-9-20(16-19)30(25-21-10-3-1-6-17(21)12-14-23(25)28)26-22-11-4-2-7-18(22)13-15-24(26)29/h1-16,28-29H. The molecule has 0 aliphatic rings. The van der Waals surface area contributed by atoms with E-state index >= 15 is 0 Å². The van der Waals surface area contributed by atoms with E-state index in [1.807, 2.05) is 84.9 Å². The molecule has 0 unspecified atom stereocenters. The number of phenols is 2. The molecule has 0 heterocycles. The third-order valence-corrected chi connectivity index (χ3v) is 8.14. The highest BCUT2D eigenvalue weighted by Gasteiger charge is 2.26. The van der Waals surface area contributed by atoms with Gasteiger partial charge in [0, 0.05) is 15.6 Å². The van der Waals surface area contributed by atoms with Crippen LogP contribution < -0.4 is 15.9 Å². The van der Waals surface area contributed by atoms with Gasteiger partial charge in [-0.05, 0) is 59.0 Å². The van der Waals surface area contributed by atoms with Crippen molar-refractivity contribution >= 4 is 57.0 Å². The first-order valence-electron chi connectivity index (χ1n) is 9.60. The first-order valence-corrected chi connectivity index (χ1v) is 11.3. The third-order valence-electron chi connectivity index (χ3n) is 5.27. The molecule has 2 N–H and O–H groups in total. The number of hydrogen-bond acceptors (Lipinski definition) is 2. The van der Waals surface area contributed by atoms with Crippen LogP contribution in [-0.2, 0) is 0 Å². The van der Waals surface area contributed by atoms with E-state index in [0.717, 1.165) is 37.5 Å². The average Bonchev–Trinajstić information content (AvgIpc) is 2.77. The minimum atomic E-state index is -1.29. The zero-order valence-corrected chi connectivity index (χ0v) is 17.6. The summed E-state index contributed by atoms with van der Waals surface area (Å²) in [4.78, 5) is 0. The molecule has 5 aromatic rings. The van der Waals surface area contributed by atoms with Crippen molar-refractivity contribution in [3.8, 4) is 11.5 Å². The molecule has 0 spiro atoms. The molecule has 0 fully saturated rings. The normalized spacial score (nSPS) is 11.4. The summed E-state index contributed by atoms with van der Waals surface area (Å²) in [5.41, 5.74) is 0. The number of benzene rings is 5. The van der Waals surface area contributed by atoms with E-state index in [2.05, 4.69) is 0 Å². The van der Waals surface area contributed by atoms with Crippen LogP contribution in [0.1, 0.15) is 0 Å². The third kappa shape index (κ3) is 3.19. The van der Waals surface area contributed by atoms with Crippen LogP contribution >= 0.6 is 19.5 Å². The van der Waals surface area contributed by atoms with Crippen molar-refractivity contribution in [2.24, 2.45) is 0 Å². The Morgan fingerprint density at radius 3 is 1.63 bits per heavy atom. The summed E-state index contributed by atoms with van der Waals surface area (Å²) in [5, 5.41) is 29.3. The highest BCUT2D eigenvalue weighted by atomic mass is 35.5. The lowest BCUT2D eigenvalue weighted by molar-refractivity contribution is 0.480. The Hall–Kier alpha value is -3.06. The average molecular weight is 429 g/mol. The maximum absolute atomic E-state index is 11.0. The summed E-state index contributed by atoms with van der Waals surface area (Å²) < 4.78 is 0. The number of rotatable bonds is 3. The number of hydrogen-bond donors (Lipinski definition) is 2. The maximum atomic E-state index is 11.0. The van der Waals surface area contributed by atoms with Gasteiger partial charge >= 0.3 is 0 Å². The maximum Gasteiger partial charge on any atom is 0.124 e. The molecule has 0 bridgehead atoms. The van der Waals surface area contributed by atoms with E-state index in [1.54, 1.807) is 12.1 Å².